The van der Waals surface area contributed by atoms with Crippen molar-refractivity contribution in [2.45, 2.75) is 27.2 Å². The van der Waals surface area contributed by atoms with Crippen LogP contribution in [-0.2, 0) is 14.3 Å². The maximum Gasteiger partial charge on any atom is 0.316 e. The predicted octanol–water partition coefficient (Wildman–Crippen LogP) is 1.34. The minimum absolute atomic E-state index is 0.107. The van der Waals surface area contributed by atoms with Crippen molar-refractivity contribution in [1.29, 1.82) is 0 Å². The summed E-state index contributed by atoms with van der Waals surface area (Å²) in [4.78, 5) is 25.0. The van der Waals surface area contributed by atoms with E-state index >= 15 is 0 Å². The van der Waals surface area contributed by atoms with Gasteiger partial charge in [-0.3, -0.25) is 9.59 Å². The fourth-order valence-corrected chi connectivity index (χ4v) is 1.77. The molecule has 2 atom stereocenters. The summed E-state index contributed by atoms with van der Waals surface area (Å²) in [6, 6.07) is 0. The van der Waals surface area contributed by atoms with Crippen molar-refractivity contribution in [3.05, 3.63) is 0 Å². The van der Waals surface area contributed by atoms with Crippen molar-refractivity contribution in [3.63, 3.8) is 0 Å². The van der Waals surface area contributed by atoms with Crippen LogP contribution in [0.4, 0.5) is 0 Å². The molecule has 0 bridgehead atoms. The highest BCUT2D eigenvalue weighted by atomic mass is 16.5. The lowest BCUT2D eigenvalue weighted by atomic mass is 9.92. The summed E-state index contributed by atoms with van der Waals surface area (Å²) in [6.45, 7) is 6.42. The third-order valence-electron chi connectivity index (χ3n) is 2.38. The second-order valence-corrected chi connectivity index (χ2v) is 4.52. The highest BCUT2D eigenvalue weighted by molar-refractivity contribution is 5.97. The van der Waals surface area contributed by atoms with Crippen LogP contribution in [0.3, 0.4) is 0 Å². The van der Waals surface area contributed by atoms with Crippen molar-refractivity contribution in [2.24, 2.45) is 11.8 Å². The van der Waals surface area contributed by atoms with Crippen LogP contribution in [0, 0.1) is 11.8 Å². The van der Waals surface area contributed by atoms with Crippen molar-refractivity contribution < 1.29 is 14.3 Å². The number of rotatable bonds is 7. The third kappa shape index (κ3) is 5.85. The zero-order valence-corrected chi connectivity index (χ0v) is 10.9. The first-order valence-corrected chi connectivity index (χ1v) is 5.70. The molecule has 94 valence electrons. The first-order valence-electron chi connectivity index (χ1n) is 5.70. The lowest BCUT2D eigenvalue weighted by Crippen LogP contribution is -2.29. The zero-order valence-electron chi connectivity index (χ0n) is 10.9. The maximum absolute atomic E-state index is 11.5. The molecule has 0 rings (SSSR count). The Morgan fingerprint density at radius 3 is 2.25 bits per heavy atom. The summed E-state index contributed by atoms with van der Waals surface area (Å²) in [5, 5.41) is 0. The highest BCUT2D eigenvalue weighted by Gasteiger charge is 2.26. The average Bonchev–Trinajstić information content (AvgIpc) is 2.12. The molecule has 4 nitrogen and oxygen atoms in total. The fraction of sp³-hybridized carbons (Fsp3) is 0.833. The summed E-state index contributed by atoms with van der Waals surface area (Å²) < 4.78 is 4.90. The molecule has 0 radical (unpaired) electrons. The Morgan fingerprint density at radius 1 is 1.31 bits per heavy atom. The Labute approximate surface area is 98.0 Å². The molecule has 0 saturated heterocycles. The topological polar surface area (TPSA) is 46.6 Å². The van der Waals surface area contributed by atoms with E-state index in [1.54, 1.807) is 6.92 Å². The molecule has 4 heteroatoms. The second kappa shape index (κ2) is 7.39. The first-order chi connectivity index (χ1) is 7.38. The number of ketones is 1. The quantitative estimate of drug-likeness (QED) is 0.488. The Kier molecular flexibility index (Phi) is 6.97. The Hall–Kier alpha value is -0.900. The number of carbonyl (C=O) groups excluding carboxylic acids is 2. The molecule has 2 unspecified atom stereocenters. The lowest BCUT2D eigenvalue weighted by Gasteiger charge is -2.20. The van der Waals surface area contributed by atoms with Crippen LogP contribution < -0.4 is 0 Å². The van der Waals surface area contributed by atoms with Crippen LogP contribution in [0.2, 0.25) is 0 Å². The maximum atomic E-state index is 11.5. The molecule has 0 fully saturated rings. The van der Waals surface area contributed by atoms with Crippen LogP contribution in [0.5, 0.6) is 0 Å². The third-order valence-corrected chi connectivity index (χ3v) is 2.38. The number of hydrogen-bond donors (Lipinski definition) is 0. The standard InChI is InChI=1S/C12H23NO3/c1-6-16-12(15)11(10(3)14)7-9(2)8-13(4)5/h9,11H,6-8H2,1-5H3. The van der Waals surface area contributed by atoms with Crippen molar-refractivity contribution in [3.8, 4) is 0 Å². The summed E-state index contributed by atoms with van der Waals surface area (Å²) >= 11 is 0. The number of ether oxygens (including phenoxy) is 1. The average molecular weight is 229 g/mol. The molecule has 0 amide bonds. The largest absolute Gasteiger partial charge is 0.465 e. The van der Waals surface area contributed by atoms with Gasteiger partial charge in [0.15, 0.2) is 0 Å². The first kappa shape index (κ1) is 15.1. The van der Waals surface area contributed by atoms with Crippen LogP contribution in [0.1, 0.15) is 27.2 Å². The molecule has 0 N–H and O–H groups in total. The minimum Gasteiger partial charge on any atom is -0.465 e. The van der Waals surface area contributed by atoms with Gasteiger partial charge in [0.1, 0.15) is 11.7 Å². The molecule has 0 aliphatic heterocycles. The van der Waals surface area contributed by atoms with E-state index in [1.165, 1.54) is 6.92 Å². The van der Waals surface area contributed by atoms with Gasteiger partial charge in [0.2, 0.25) is 0 Å². The smallest absolute Gasteiger partial charge is 0.316 e. The Balaban J connectivity index is 4.33. The number of esters is 1. The van der Waals surface area contributed by atoms with E-state index < -0.39 is 5.92 Å². The lowest BCUT2D eigenvalue weighted by molar-refractivity contribution is -0.151. The monoisotopic (exact) mass is 229 g/mol. The van der Waals surface area contributed by atoms with Crippen LogP contribution >= 0.6 is 0 Å². The van der Waals surface area contributed by atoms with E-state index in [0.29, 0.717) is 18.9 Å². The van der Waals surface area contributed by atoms with Gasteiger partial charge in [-0.1, -0.05) is 6.92 Å². The summed E-state index contributed by atoms with van der Waals surface area (Å²) in [5.41, 5.74) is 0. The molecule has 0 spiro atoms. The minimum atomic E-state index is -0.602. The van der Waals surface area contributed by atoms with Crippen molar-refractivity contribution in [2.75, 3.05) is 27.2 Å². The van der Waals surface area contributed by atoms with Gasteiger partial charge in [0.25, 0.3) is 0 Å². The van der Waals surface area contributed by atoms with E-state index in [4.69, 9.17) is 4.74 Å². The molecule has 0 saturated carbocycles. The Bertz CT molecular complexity index is 238. The fourth-order valence-electron chi connectivity index (χ4n) is 1.77. The zero-order chi connectivity index (χ0) is 12.7. The molecular formula is C12H23NO3. The summed E-state index contributed by atoms with van der Waals surface area (Å²) in [6.07, 6.45) is 0.562. The van der Waals surface area contributed by atoms with E-state index in [9.17, 15) is 9.59 Å². The van der Waals surface area contributed by atoms with Crippen LogP contribution in [0.15, 0.2) is 0 Å². The van der Waals surface area contributed by atoms with Crippen LogP contribution in [0.25, 0.3) is 0 Å². The Morgan fingerprint density at radius 2 is 1.88 bits per heavy atom. The van der Waals surface area contributed by atoms with E-state index in [2.05, 4.69) is 0 Å². The van der Waals surface area contributed by atoms with E-state index in [-0.39, 0.29) is 11.8 Å². The SMILES string of the molecule is CCOC(=O)C(CC(C)CN(C)C)C(C)=O. The van der Waals surface area contributed by atoms with Gasteiger partial charge >= 0.3 is 5.97 Å². The predicted molar refractivity (Wildman–Crippen MR) is 63.1 cm³/mol. The second-order valence-electron chi connectivity index (χ2n) is 4.52. The molecule has 0 heterocycles. The molecule has 0 aromatic rings. The van der Waals surface area contributed by atoms with Gasteiger partial charge in [0.05, 0.1) is 6.61 Å². The summed E-state index contributed by atoms with van der Waals surface area (Å²) in [7, 11) is 3.95. The van der Waals surface area contributed by atoms with Gasteiger partial charge in [-0.05, 0) is 40.3 Å². The van der Waals surface area contributed by atoms with Crippen LogP contribution in [-0.4, -0.2) is 43.9 Å². The van der Waals surface area contributed by atoms with Gasteiger partial charge in [0, 0.05) is 6.54 Å². The number of nitrogens with zero attached hydrogens (tertiary/aromatic N) is 1. The molecule has 0 aromatic heterocycles. The number of carbonyl (C=O) groups is 2. The molecular weight excluding hydrogens is 206 g/mol. The number of hydrogen-bond acceptors (Lipinski definition) is 4. The van der Waals surface area contributed by atoms with Crippen molar-refractivity contribution in [1.82, 2.24) is 4.90 Å². The van der Waals surface area contributed by atoms with Gasteiger partial charge in [-0.15, -0.1) is 0 Å². The van der Waals surface area contributed by atoms with E-state index in [0.717, 1.165) is 6.54 Å². The van der Waals surface area contributed by atoms with Gasteiger partial charge in [-0.25, -0.2) is 0 Å². The number of Topliss-reactive ketones (excluding diaryl/α,β-unsaturated/α-hetero) is 1. The van der Waals surface area contributed by atoms with Gasteiger partial charge < -0.3 is 9.64 Å². The van der Waals surface area contributed by atoms with Crippen molar-refractivity contribution >= 4 is 11.8 Å². The van der Waals surface area contributed by atoms with Gasteiger partial charge in [-0.2, -0.15) is 0 Å². The highest BCUT2D eigenvalue weighted by Crippen LogP contribution is 2.15. The summed E-state index contributed by atoms with van der Waals surface area (Å²) in [5.74, 6) is -0.798. The molecule has 0 aliphatic rings. The molecule has 0 aliphatic carbocycles. The molecule has 0 aromatic carbocycles. The molecule has 16 heavy (non-hydrogen) atoms. The van der Waals surface area contributed by atoms with E-state index in [1.807, 2.05) is 25.9 Å². The normalized spacial score (nSPS) is 14.6.